The molecule has 0 radical (unpaired) electrons. The summed E-state index contributed by atoms with van der Waals surface area (Å²) in [5.41, 5.74) is -2.36. The van der Waals surface area contributed by atoms with Crippen LogP contribution in [0.1, 0.15) is 5.56 Å². The average molecular weight is 533 g/mol. The van der Waals surface area contributed by atoms with Gasteiger partial charge in [0.2, 0.25) is 12.9 Å². The Labute approximate surface area is 182 Å². The van der Waals surface area contributed by atoms with Gasteiger partial charge in [-0.15, -0.1) is 10.1 Å². The van der Waals surface area contributed by atoms with Gasteiger partial charge in [-0.1, -0.05) is 19.4 Å². The highest BCUT2D eigenvalue weighted by molar-refractivity contribution is 8.45. The molecule has 0 aromatic heterocycles. The molecule has 0 fully saturated rings. The Morgan fingerprint density at radius 3 is 2.26 bits per heavy atom. The van der Waals surface area contributed by atoms with Gasteiger partial charge in [0.25, 0.3) is 5.09 Å². The minimum atomic E-state index is -10.2. The first kappa shape index (κ1) is 26.7. The number of ether oxygens (including phenoxy) is 4. The maximum atomic E-state index is 13.3. The van der Waals surface area contributed by atoms with Gasteiger partial charge in [-0.05, 0) is 24.3 Å². The number of alkyl halides is 3. The Morgan fingerprint density at radius 2 is 1.71 bits per heavy atom. The van der Waals surface area contributed by atoms with E-state index in [-0.39, 0.29) is 24.3 Å². The van der Waals surface area contributed by atoms with Crippen LogP contribution in [0.15, 0.2) is 28.7 Å². The highest BCUT2D eigenvalue weighted by Gasteiger charge is 2.65. The van der Waals surface area contributed by atoms with Crippen LogP contribution in [-0.4, -0.2) is 49.5 Å². The number of halogens is 8. The van der Waals surface area contributed by atoms with Crippen LogP contribution in [0.5, 0.6) is 5.75 Å². The van der Waals surface area contributed by atoms with Gasteiger partial charge in [-0.3, -0.25) is 0 Å². The summed E-state index contributed by atoms with van der Waals surface area (Å²) in [7, 11) is -10.2. The van der Waals surface area contributed by atoms with Crippen LogP contribution >= 0.6 is 10.2 Å². The number of hydrogen-bond acceptors (Lipinski definition) is 9. The Balaban J connectivity index is 2.17. The molecule has 0 aliphatic carbocycles. The van der Waals surface area contributed by atoms with Gasteiger partial charge in [0.05, 0.1) is 5.57 Å². The number of carbonyl (C=O) groups is 2. The van der Waals surface area contributed by atoms with Crippen molar-refractivity contribution in [1.29, 1.82) is 0 Å². The van der Waals surface area contributed by atoms with E-state index in [1.807, 2.05) is 0 Å². The fraction of sp³-hybridized carbons (Fsp3) is 0.333. The molecule has 0 spiro atoms. The Hall–Kier alpha value is -3.51. The van der Waals surface area contributed by atoms with E-state index in [0.29, 0.717) is 0 Å². The molecule has 1 heterocycles. The molecule has 0 saturated carbocycles. The fourth-order valence-electron chi connectivity index (χ4n) is 2.32. The zero-order valence-corrected chi connectivity index (χ0v) is 16.9. The molecule has 2 rings (SSSR count). The van der Waals surface area contributed by atoms with E-state index in [0.717, 1.165) is 0 Å². The Bertz CT molecular complexity index is 1030. The highest BCUT2D eigenvalue weighted by atomic mass is 32.5. The molecule has 0 amide bonds. The quantitative estimate of drug-likeness (QED) is 0.114. The third kappa shape index (κ3) is 7.25. The second-order valence-electron chi connectivity index (χ2n) is 6.16. The smallest absolute Gasteiger partial charge is 0.475 e. The molecule has 1 aliphatic rings. The molecule has 1 aromatic rings. The molecule has 192 valence electrons. The SMILES string of the molecule is O=C(OCCO[N+](=O)[O-])OCOC(=O)C1=Cc2cc(S(F)(F)(F)(F)F)ccc2O[C@@H]1C(F)(F)F. The van der Waals surface area contributed by atoms with Crippen molar-refractivity contribution < 1.29 is 71.1 Å². The molecule has 0 saturated heterocycles. The molecule has 1 aromatic carbocycles. The monoisotopic (exact) mass is 533 g/mol. The van der Waals surface area contributed by atoms with Gasteiger partial charge >= 0.3 is 28.5 Å². The van der Waals surface area contributed by atoms with Crippen molar-refractivity contribution in [3.63, 3.8) is 0 Å². The molecular formula is C15H11F8NO9S. The maximum Gasteiger partial charge on any atom is 0.511 e. The van der Waals surface area contributed by atoms with Crippen LogP contribution < -0.4 is 4.74 Å². The molecule has 1 aliphatic heterocycles. The summed E-state index contributed by atoms with van der Waals surface area (Å²) >= 11 is 0. The van der Waals surface area contributed by atoms with Crippen molar-refractivity contribution in [2.24, 2.45) is 0 Å². The lowest BCUT2D eigenvalue weighted by Crippen LogP contribution is -2.41. The van der Waals surface area contributed by atoms with Crippen LogP contribution in [0.25, 0.3) is 6.08 Å². The van der Waals surface area contributed by atoms with Gasteiger partial charge in [-0.2, -0.15) is 13.2 Å². The standard InChI is InChI=1S/C15H11F8NO9S/c16-15(17,18)12-10(13(25)30-7-31-14(26)29-3-4-32-24(27)28)6-8-5-9(1-2-11(8)33-12)34(19,20,21,22)23/h1-2,5-6,12H,3-4,7H2/t12-/m0/s1. The van der Waals surface area contributed by atoms with Crippen LogP contribution in [-0.2, 0) is 23.8 Å². The number of nitrogens with zero attached hydrogens (tertiary/aromatic N) is 1. The lowest BCUT2D eigenvalue weighted by molar-refractivity contribution is -0.757. The lowest BCUT2D eigenvalue weighted by Gasteiger charge is -2.41. The molecular weight excluding hydrogens is 522 g/mol. The summed E-state index contributed by atoms with van der Waals surface area (Å²) in [5.74, 6) is -2.75. The van der Waals surface area contributed by atoms with E-state index in [1.165, 1.54) is 0 Å². The second kappa shape index (κ2) is 8.37. The molecule has 34 heavy (non-hydrogen) atoms. The summed E-state index contributed by atoms with van der Waals surface area (Å²) in [4.78, 5) is 34.4. The van der Waals surface area contributed by atoms with Crippen molar-refractivity contribution in [2.75, 3.05) is 20.0 Å². The van der Waals surface area contributed by atoms with Gasteiger partial charge in [0, 0.05) is 5.56 Å². The highest BCUT2D eigenvalue weighted by Crippen LogP contribution is 3.02. The lowest BCUT2D eigenvalue weighted by atomic mass is 10.0. The van der Waals surface area contributed by atoms with Gasteiger partial charge in [0.15, 0.2) is 0 Å². The topological polar surface area (TPSA) is 123 Å². The van der Waals surface area contributed by atoms with Crippen molar-refractivity contribution in [3.05, 3.63) is 39.4 Å². The largest absolute Gasteiger partial charge is 0.511 e. The maximum absolute atomic E-state index is 13.3. The summed E-state index contributed by atoms with van der Waals surface area (Å²) in [6.45, 7) is -2.73. The van der Waals surface area contributed by atoms with Gasteiger partial charge < -0.3 is 23.8 Å². The van der Waals surface area contributed by atoms with Crippen LogP contribution in [0.2, 0.25) is 0 Å². The van der Waals surface area contributed by atoms with E-state index in [9.17, 15) is 52.3 Å². The second-order valence-corrected chi connectivity index (χ2v) is 8.57. The van der Waals surface area contributed by atoms with Crippen molar-refractivity contribution in [1.82, 2.24) is 0 Å². The van der Waals surface area contributed by atoms with Gasteiger partial charge in [-0.25, -0.2) is 9.59 Å². The third-order valence-corrected chi connectivity index (χ3v) is 4.81. The van der Waals surface area contributed by atoms with E-state index in [1.54, 1.807) is 0 Å². The number of rotatable bonds is 8. The normalized spacial score (nSPS) is 17.6. The first-order valence-corrected chi connectivity index (χ1v) is 10.3. The Kier molecular flexibility index (Phi) is 6.58. The van der Waals surface area contributed by atoms with Crippen LogP contribution in [0.4, 0.5) is 37.4 Å². The molecule has 10 nitrogen and oxygen atoms in total. The predicted molar refractivity (Wildman–Crippen MR) is 92.6 cm³/mol. The fourth-order valence-corrected chi connectivity index (χ4v) is 3.00. The number of carbonyl (C=O) groups excluding carboxylic acids is 2. The first-order chi connectivity index (χ1) is 15.3. The summed E-state index contributed by atoms with van der Waals surface area (Å²) in [6.07, 6.45) is -9.71. The number of fused-ring (bicyclic) bond motifs is 1. The van der Waals surface area contributed by atoms with E-state index >= 15 is 0 Å². The minimum absolute atomic E-state index is 0.166. The third-order valence-electron chi connectivity index (χ3n) is 3.66. The molecule has 0 unspecified atom stereocenters. The van der Waals surface area contributed by atoms with Gasteiger partial charge in [0.1, 0.15) is 23.9 Å². The first-order valence-electron chi connectivity index (χ1n) is 8.35. The van der Waals surface area contributed by atoms with E-state index in [4.69, 9.17) is 0 Å². The molecule has 0 bridgehead atoms. The van der Waals surface area contributed by atoms with Crippen LogP contribution in [0, 0.1) is 10.1 Å². The molecule has 19 heteroatoms. The van der Waals surface area contributed by atoms with Crippen LogP contribution in [0.3, 0.4) is 0 Å². The van der Waals surface area contributed by atoms with Crippen molar-refractivity contribution in [3.8, 4) is 5.75 Å². The molecule has 1 atom stereocenters. The number of benzene rings is 1. The van der Waals surface area contributed by atoms with E-state index in [2.05, 4.69) is 23.8 Å². The number of esters is 1. The zero-order valence-electron chi connectivity index (χ0n) is 16.1. The zero-order chi connectivity index (χ0) is 26.0. The summed E-state index contributed by atoms with van der Waals surface area (Å²) < 4.78 is 122. The van der Waals surface area contributed by atoms with Crippen molar-refractivity contribution in [2.45, 2.75) is 17.2 Å². The average Bonchev–Trinajstić information content (AvgIpc) is 2.67. The minimum Gasteiger partial charge on any atom is -0.475 e. The predicted octanol–water partition coefficient (Wildman–Crippen LogP) is 4.91. The van der Waals surface area contributed by atoms with E-state index < -0.39 is 81.5 Å². The summed E-state index contributed by atoms with van der Waals surface area (Å²) in [5, 5.41) is 8.68. The Morgan fingerprint density at radius 1 is 1.06 bits per heavy atom. The number of hydrogen-bond donors (Lipinski definition) is 0. The summed E-state index contributed by atoms with van der Waals surface area (Å²) in [6, 6.07) is -0.125. The molecule has 0 N–H and O–H groups in total. The van der Waals surface area contributed by atoms with Crippen molar-refractivity contribution >= 4 is 28.4 Å².